The predicted octanol–water partition coefficient (Wildman–Crippen LogP) is 16.1. The van der Waals surface area contributed by atoms with Crippen LogP contribution in [0.25, 0.3) is 55.0 Å². The number of rotatable bonds is 3. The van der Waals surface area contributed by atoms with Crippen molar-refractivity contribution in [1.82, 2.24) is 0 Å². The molecule has 0 radical (unpaired) electrons. The molecule has 2 aliphatic carbocycles. The van der Waals surface area contributed by atoms with Crippen molar-refractivity contribution in [2.45, 2.75) is 110 Å². The predicted molar refractivity (Wildman–Crippen MR) is 286 cm³/mol. The van der Waals surface area contributed by atoms with E-state index in [0.29, 0.717) is 0 Å². The first kappa shape index (κ1) is 40.7. The Morgan fingerprint density at radius 2 is 1.12 bits per heavy atom. The molecule has 0 fully saturated rings. The summed E-state index contributed by atoms with van der Waals surface area (Å²) in [6.45, 7) is 21.8. The van der Waals surface area contributed by atoms with Crippen LogP contribution in [-0.2, 0) is 21.7 Å². The van der Waals surface area contributed by atoms with Crippen molar-refractivity contribution in [3.63, 3.8) is 0 Å². The summed E-state index contributed by atoms with van der Waals surface area (Å²) in [5.74, 6) is 0. The smallest absolute Gasteiger partial charge is 0.333 e. The lowest BCUT2D eigenvalue weighted by molar-refractivity contribution is 0.332. The normalized spacial score (nSPS) is 18.1. The largest absolute Gasteiger partial charge is 0.454 e. The SMILES string of the molecule is Cc1cc2c(cc1N1c3cc(-c4ccccc4)ccc3B3c4c(cc5ccccc5c41)-c1ccc4c(oc5ccccc54)c1N3c1ccc3c(c1)C(C)(C)CCC3(C)C)C(C)(C)CCC2(C)C. The number of para-hydroxylation sites is 1. The lowest BCUT2D eigenvalue weighted by atomic mass is 9.43. The third kappa shape index (κ3) is 5.78. The van der Waals surface area contributed by atoms with Gasteiger partial charge in [0, 0.05) is 38.8 Å². The molecule has 9 aromatic rings. The van der Waals surface area contributed by atoms with Gasteiger partial charge < -0.3 is 14.1 Å². The fraction of sp³-hybridized carbons (Fsp3) is 0.270. The highest BCUT2D eigenvalue weighted by atomic mass is 16.3. The molecule has 1 aromatic heterocycles. The molecule has 0 saturated heterocycles. The number of furan rings is 1. The average Bonchev–Trinajstić information content (AvgIpc) is 3.71. The summed E-state index contributed by atoms with van der Waals surface area (Å²) < 4.78 is 7.14. The number of fused-ring (bicyclic) bond motifs is 12. The van der Waals surface area contributed by atoms with Crippen LogP contribution in [0.15, 0.2) is 150 Å². The summed E-state index contributed by atoms with van der Waals surface area (Å²) in [5.41, 5.74) is 22.9. The molecular formula is C63H59BN2O. The molecule has 67 heavy (non-hydrogen) atoms. The zero-order valence-corrected chi connectivity index (χ0v) is 40.6. The van der Waals surface area contributed by atoms with Gasteiger partial charge in [0.1, 0.15) is 5.58 Å². The summed E-state index contributed by atoms with van der Waals surface area (Å²) in [6.07, 6.45) is 4.67. The third-order valence-corrected chi connectivity index (χ3v) is 17.1. The maximum Gasteiger partial charge on any atom is 0.333 e. The Kier molecular flexibility index (Phi) is 8.38. The highest BCUT2D eigenvalue weighted by Crippen LogP contribution is 2.56. The number of hydrogen-bond acceptors (Lipinski definition) is 3. The lowest BCUT2D eigenvalue weighted by Gasteiger charge is -2.48. The van der Waals surface area contributed by atoms with Crippen LogP contribution in [0.5, 0.6) is 0 Å². The Bertz CT molecular complexity index is 3570. The second kappa shape index (κ2) is 13.8. The Morgan fingerprint density at radius 3 is 1.87 bits per heavy atom. The van der Waals surface area contributed by atoms with E-state index in [-0.39, 0.29) is 28.5 Å². The number of anilines is 5. The summed E-state index contributed by atoms with van der Waals surface area (Å²) in [7, 11) is 0. The number of aryl methyl sites for hydroxylation is 1. The molecule has 4 aliphatic rings. The van der Waals surface area contributed by atoms with Crippen LogP contribution in [0, 0.1) is 6.92 Å². The standard InChI is InChI=1S/C63H59BN2O/c1-38-33-49-51(63(8,9)32-31-61(49,4)5)37-53(38)65-54-35-40(39-17-11-10-12-18-39)23-28-52(54)64-56-47(34-41-19-13-14-20-43(41)57(56)65)45-25-26-46-44-21-15-16-22-55(44)67-59(46)58(45)66(64)42-24-27-48-50(36-42)62(6,7)30-29-60(48,2)3/h10-28,33-37H,29-32H2,1-9H3. The molecule has 0 amide bonds. The number of nitrogens with zero attached hydrogens (tertiary/aromatic N) is 2. The van der Waals surface area contributed by atoms with Gasteiger partial charge in [0.2, 0.25) is 0 Å². The van der Waals surface area contributed by atoms with Gasteiger partial charge >= 0.3 is 6.85 Å². The van der Waals surface area contributed by atoms with Crippen molar-refractivity contribution in [2.75, 3.05) is 9.71 Å². The van der Waals surface area contributed by atoms with E-state index in [1.165, 1.54) is 107 Å². The van der Waals surface area contributed by atoms with Gasteiger partial charge in [-0.15, -0.1) is 0 Å². The van der Waals surface area contributed by atoms with Crippen LogP contribution < -0.4 is 20.6 Å². The second-order valence-electron chi connectivity index (χ2n) is 23.0. The average molecular weight is 871 g/mol. The van der Waals surface area contributed by atoms with Crippen LogP contribution in [0.1, 0.15) is 109 Å². The highest BCUT2D eigenvalue weighted by molar-refractivity contribution is 6.94. The molecule has 2 aliphatic heterocycles. The molecule has 0 unspecified atom stereocenters. The van der Waals surface area contributed by atoms with Crippen molar-refractivity contribution in [1.29, 1.82) is 0 Å². The van der Waals surface area contributed by atoms with E-state index in [4.69, 9.17) is 4.42 Å². The minimum atomic E-state index is -0.164. The molecule has 3 nitrogen and oxygen atoms in total. The first-order valence-corrected chi connectivity index (χ1v) is 24.7. The van der Waals surface area contributed by atoms with Crippen molar-refractivity contribution < 1.29 is 4.42 Å². The minimum Gasteiger partial charge on any atom is -0.454 e. The first-order valence-electron chi connectivity index (χ1n) is 24.7. The van der Waals surface area contributed by atoms with E-state index in [1.54, 1.807) is 0 Å². The van der Waals surface area contributed by atoms with Crippen LogP contribution in [0.3, 0.4) is 0 Å². The van der Waals surface area contributed by atoms with Crippen LogP contribution in [-0.4, -0.2) is 6.85 Å². The molecule has 0 spiro atoms. The minimum absolute atomic E-state index is 0.0301. The Hall–Kier alpha value is -6.52. The maximum atomic E-state index is 7.14. The van der Waals surface area contributed by atoms with Gasteiger partial charge in [0.15, 0.2) is 5.58 Å². The van der Waals surface area contributed by atoms with E-state index in [1.807, 2.05) is 0 Å². The Morgan fingerprint density at radius 1 is 0.478 bits per heavy atom. The molecule has 13 rings (SSSR count). The molecule has 3 heterocycles. The van der Waals surface area contributed by atoms with Crippen LogP contribution >= 0.6 is 0 Å². The molecule has 0 atom stereocenters. The van der Waals surface area contributed by atoms with Crippen LogP contribution in [0.4, 0.5) is 28.4 Å². The zero-order valence-electron chi connectivity index (χ0n) is 40.6. The van der Waals surface area contributed by atoms with Crippen LogP contribution in [0.2, 0.25) is 0 Å². The van der Waals surface area contributed by atoms with E-state index in [2.05, 4.69) is 218 Å². The van der Waals surface area contributed by atoms with Gasteiger partial charge in [-0.05, 0) is 158 Å². The first-order chi connectivity index (χ1) is 32.1. The molecule has 0 N–H and O–H groups in total. The number of benzene rings is 8. The fourth-order valence-electron chi connectivity index (χ4n) is 13.0. The molecule has 8 aromatic carbocycles. The summed E-state index contributed by atoms with van der Waals surface area (Å²) in [5, 5.41) is 4.80. The van der Waals surface area contributed by atoms with Gasteiger partial charge in [-0.3, -0.25) is 0 Å². The summed E-state index contributed by atoms with van der Waals surface area (Å²) in [6, 6.07) is 55.8. The second-order valence-corrected chi connectivity index (χ2v) is 23.0. The monoisotopic (exact) mass is 870 g/mol. The molecule has 0 saturated carbocycles. The van der Waals surface area contributed by atoms with Gasteiger partial charge in [0.25, 0.3) is 0 Å². The lowest BCUT2D eigenvalue weighted by Crippen LogP contribution is -2.61. The molecule has 330 valence electrons. The Labute approximate surface area is 396 Å². The van der Waals surface area contributed by atoms with Crippen molar-refractivity contribution in [3.05, 3.63) is 173 Å². The van der Waals surface area contributed by atoms with Gasteiger partial charge in [0.05, 0.1) is 11.4 Å². The maximum absolute atomic E-state index is 7.14. The zero-order chi connectivity index (χ0) is 45.9. The van der Waals surface area contributed by atoms with Crippen molar-refractivity contribution in [3.8, 4) is 22.3 Å². The quantitative estimate of drug-likeness (QED) is 0.165. The molecule has 4 heteroatoms. The molecular weight excluding hydrogens is 812 g/mol. The molecule has 0 bridgehead atoms. The fourth-order valence-corrected chi connectivity index (χ4v) is 13.0. The highest BCUT2D eigenvalue weighted by Gasteiger charge is 2.49. The van der Waals surface area contributed by atoms with Gasteiger partial charge in [-0.2, -0.15) is 0 Å². The third-order valence-electron chi connectivity index (χ3n) is 17.1. The number of hydrogen-bond donors (Lipinski definition) is 0. The van der Waals surface area contributed by atoms with Crippen molar-refractivity contribution >= 4 is 78.9 Å². The summed E-state index contributed by atoms with van der Waals surface area (Å²) in [4.78, 5) is 5.39. The van der Waals surface area contributed by atoms with E-state index >= 15 is 0 Å². The summed E-state index contributed by atoms with van der Waals surface area (Å²) >= 11 is 0. The van der Waals surface area contributed by atoms with Crippen molar-refractivity contribution in [2.24, 2.45) is 0 Å². The van der Waals surface area contributed by atoms with Gasteiger partial charge in [-0.1, -0.05) is 159 Å². The van der Waals surface area contributed by atoms with E-state index in [0.717, 1.165) is 40.5 Å². The topological polar surface area (TPSA) is 19.6 Å². The van der Waals surface area contributed by atoms with E-state index < -0.39 is 0 Å². The van der Waals surface area contributed by atoms with Gasteiger partial charge in [-0.25, -0.2) is 0 Å². The Balaban J connectivity index is 1.19. The van der Waals surface area contributed by atoms with E-state index in [9.17, 15) is 0 Å².